The van der Waals surface area contributed by atoms with Gasteiger partial charge in [-0.1, -0.05) is 13.8 Å². The van der Waals surface area contributed by atoms with E-state index in [4.69, 9.17) is 0 Å². The van der Waals surface area contributed by atoms with Gasteiger partial charge in [0.1, 0.15) is 0 Å². The van der Waals surface area contributed by atoms with Crippen molar-refractivity contribution in [2.24, 2.45) is 5.92 Å². The lowest BCUT2D eigenvalue weighted by molar-refractivity contribution is 0.545. The van der Waals surface area contributed by atoms with Crippen LogP contribution in [0.2, 0.25) is 0 Å². The summed E-state index contributed by atoms with van der Waals surface area (Å²) in [6.45, 7) is 8.06. The highest BCUT2D eigenvalue weighted by atomic mass is 15.3. The van der Waals surface area contributed by atoms with E-state index < -0.39 is 0 Å². The van der Waals surface area contributed by atoms with Crippen molar-refractivity contribution in [3.8, 4) is 5.82 Å². The van der Waals surface area contributed by atoms with Crippen molar-refractivity contribution in [2.45, 2.75) is 27.3 Å². The summed E-state index contributed by atoms with van der Waals surface area (Å²) in [5.74, 6) is 1.39. The molecule has 2 aromatic rings. The second kappa shape index (κ2) is 5.73. The summed E-state index contributed by atoms with van der Waals surface area (Å²) in [7, 11) is 0. The predicted molar refractivity (Wildman–Crippen MR) is 70.4 cm³/mol. The number of nitrogens with one attached hydrogen (secondary N) is 1. The van der Waals surface area contributed by atoms with E-state index in [0.717, 1.165) is 30.3 Å². The molecule has 0 bridgehead atoms. The minimum absolute atomic E-state index is 0.643. The number of aryl methyl sites for hydroxylation is 1. The molecule has 0 aliphatic carbocycles. The van der Waals surface area contributed by atoms with Crippen LogP contribution in [0.15, 0.2) is 24.4 Å². The molecule has 0 spiro atoms. The van der Waals surface area contributed by atoms with Gasteiger partial charge in [-0.2, -0.15) is 10.2 Å². The summed E-state index contributed by atoms with van der Waals surface area (Å²) >= 11 is 0. The molecule has 2 rings (SSSR count). The van der Waals surface area contributed by atoms with Gasteiger partial charge in [0.15, 0.2) is 5.82 Å². The van der Waals surface area contributed by atoms with Gasteiger partial charge < -0.3 is 5.32 Å². The lowest BCUT2D eigenvalue weighted by Crippen LogP contribution is -2.20. The number of rotatable bonds is 5. The zero-order chi connectivity index (χ0) is 13.0. The monoisotopic (exact) mass is 245 g/mol. The third-order valence-electron chi connectivity index (χ3n) is 2.52. The molecule has 0 aliphatic rings. The molecule has 0 fully saturated rings. The molecule has 18 heavy (non-hydrogen) atoms. The molecule has 0 aromatic carbocycles. The Bertz CT molecular complexity index is 486. The van der Waals surface area contributed by atoms with E-state index in [1.165, 1.54) is 0 Å². The summed E-state index contributed by atoms with van der Waals surface area (Å²) in [5.41, 5.74) is 1.92. The average molecular weight is 245 g/mol. The topological polar surface area (TPSA) is 55.6 Å². The number of hydrogen-bond donors (Lipinski definition) is 1. The Morgan fingerprint density at radius 3 is 2.61 bits per heavy atom. The van der Waals surface area contributed by atoms with Crippen molar-refractivity contribution in [3.05, 3.63) is 35.8 Å². The highest BCUT2D eigenvalue weighted by Gasteiger charge is 2.01. The molecule has 0 unspecified atom stereocenters. The van der Waals surface area contributed by atoms with Crippen LogP contribution < -0.4 is 5.32 Å². The van der Waals surface area contributed by atoms with Crippen LogP contribution in [0, 0.1) is 12.8 Å². The molecule has 0 amide bonds. The van der Waals surface area contributed by atoms with Crippen LogP contribution in [0.3, 0.4) is 0 Å². The van der Waals surface area contributed by atoms with Gasteiger partial charge in [-0.15, -0.1) is 5.10 Å². The maximum Gasteiger partial charge on any atom is 0.175 e. The Morgan fingerprint density at radius 1 is 1.22 bits per heavy atom. The molecule has 5 nitrogen and oxygen atoms in total. The van der Waals surface area contributed by atoms with Crippen LogP contribution in [-0.4, -0.2) is 26.5 Å². The van der Waals surface area contributed by atoms with Crippen LogP contribution in [-0.2, 0) is 6.54 Å². The normalized spacial score (nSPS) is 11.1. The molecule has 0 radical (unpaired) electrons. The summed E-state index contributed by atoms with van der Waals surface area (Å²) in [4.78, 5) is 0. The molecule has 2 heterocycles. The second-order valence-electron chi connectivity index (χ2n) is 4.81. The highest BCUT2D eigenvalue weighted by Crippen LogP contribution is 2.03. The Morgan fingerprint density at radius 2 is 2.06 bits per heavy atom. The molecule has 0 aliphatic heterocycles. The fraction of sp³-hybridized carbons (Fsp3) is 0.462. The first-order valence-electron chi connectivity index (χ1n) is 6.21. The van der Waals surface area contributed by atoms with E-state index in [1.54, 1.807) is 4.68 Å². The van der Waals surface area contributed by atoms with Crippen molar-refractivity contribution in [1.29, 1.82) is 0 Å². The van der Waals surface area contributed by atoms with E-state index in [9.17, 15) is 0 Å². The van der Waals surface area contributed by atoms with Crippen LogP contribution in [0.1, 0.15) is 25.2 Å². The van der Waals surface area contributed by atoms with Crippen molar-refractivity contribution in [1.82, 2.24) is 25.3 Å². The van der Waals surface area contributed by atoms with Gasteiger partial charge >= 0.3 is 0 Å². The van der Waals surface area contributed by atoms with Crippen molar-refractivity contribution < 1.29 is 0 Å². The summed E-state index contributed by atoms with van der Waals surface area (Å²) in [5, 5.41) is 16.0. The van der Waals surface area contributed by atoms with Crippen LogP contribution in [0.5, 0.6) is 0 Å². The molecular formula is C13H19N5. The number of nitrogens with zero attached hydrogens (tertiary/aromatic N) is 4. The summed E-state index contributed by atoms with van der Waals surface area (Å²) in [6, 6.07) is 5.86. The minimum Gasteiger partial charge on any atom is -0.311 e. The molecular weight excluding hydrogens is 226 g/mol. The Balaban J connectivity index is 1.97. The van der Waals surface area contributed by atoms with Gasteiger partial charge in [-0.05, 0) is 37.6 Å². The zero-order valence-corrected chi connectivity index (χ0v) is 11.1. The Kier molecular flexibility index (Phi) is 4.04. The fourth-order valence-corrected chi connectivity index (χ4v) is 1.60. The van der Waals surface area contributed by atoms with Gasteiger partial charge in [0, 0.05) is 12.7 Å². The summed E-state index contributed by atoms with van der Waals surface area (Å²) in [6.07, 6.45) is 1.88. The minimum atomic E-state index is 0.643. The molecule has 2 aromatic heterocycles. The first-order chi connectivity index (χ1) is 8.65. The SMILES string of the molecule is Cc1ccn(-c2ccc(CNCC(C)C)nn2)n1. The maximum atomic E-state index is 4.29. The van der Waals surface area contributed by atoms with E-state index in [2.05, 4.69) is 34.5 Å². The second-order valence-corrected chi connectivity index (χ2v) is 4.81. The van der Waals surface area contributed by atoms with Crippen molar-refractivity contribution >= 4 is 0 Å². The standard InChI is InChI=1S/C13H19N5/c1-10(2)8-14-9-12-4-5-13(16-15-12)18-7-6-11(3)17-18/h4-7,10,14H,8-9H2,1-3H3. The quantitative estimate of drug-likeness (QED) is 0.871. The molecule has 96 valence electrons. The van der Waals surface area contributed by atoms with Crippen LogP contribution >= 0.6 is 0 Å². The third-order valence-corrected chi connectivity index (χ3v) is 2.52. The van der Waals surface area contributed by atoms with Gasteiger partial charge in [-0.3, -0.25) is 0 Å². The largest absolute Gasteiger partial charge is 0.311 e. The van der Waals surface area contributed by atoms with Crippen molar-refractivity contribution in [3.63, 3.8) is 0 Å². The van der Waals surface area contributed by atoms with Gasteiger partial charge in [-0.25, -0.2) is 4.68 Å². The van der Waals surface area contributed by atoms with Gasteiger partial charge in [0.05, 0.1) is 11.4 Å². The predicted octanol–water partition coefficient (Wildman–Crippen LogP) is 1.72. The summed E-state index contributed by atoms with van der Waals surface area (Å²) < 4.78 is 1.73. The van der Waals surface area contributed by atoms with E-state index >= 15 is 0 Å². The average Bonchev–Trinajstić information content (AvgIpc) is 2.76. The van der Waals surface area contributed by atoms with Gasteiger partial charge in [0.25, 0.3) is 0 Å². The maximum absolute atomic E-state index is 4.29. The third kappa shape index (κ3) is 3.37. The molecule has 5 heteroatoms. The fourth-order valence-electron chi connectivity index (χ4n) is 1.60. The van der Waals surface area contributed by atoms with E-state index in [0.29, 0.717) is 5.92 Å². The van der Waals surface area contributed by atoms with Gasteiger partial charge in [0.2, 0.25) is 0 Å². The molecule has 0 saturated carbocycles. The lowest BCUT2D eigenvalue weighted by atomic mass is 10.2. The Labute approximate surface area is 107 Å². The smallest absolute Gasteiger partial charge is 0.175 e. The molecule has 1 N–H and O–H groups in total. The Hall–Kier alpha value is -1.75. The first-order valence-corrected chi connectivity index (χ1v) is 6.21. The molecule has 0 atom stereocenters. The van der Waals surface area contributed by atoms with E-state index in [1.807, 2.05) is 31.3 Å². The van der Waals surface area contributed by atoms with Crippen LogP contribution in [0.4, 0.5) is 0 Å². The van der Waals surface area contributed by atoms with Crippen molar-refractivity contribution in [2.75, 3.05) is 6.54 Å². The first kappa shape index (κ1) is 12.7. The van der Waals surface area contributed by atoms with Crippen LogP contribution in [0.25, 0.3) is 5.82 Å². The van der Waals surface area contributed by atoms with E-state index in [-0.39, 0.29) is 0 Å². The number of hydrogen-bond acceptors (Lipinski definition) is 4. The lowest BCUT2D eigenvalue weighted by Gasteiger charge is -2.06. The highest BCUT2D eigenvalue weighted by molar-refractivity contribution is 5.21. The number of aromatic nitrogens is 4. The zero-order valence-electron chi connectivity index (χ0n) is 11.1. The molecule has 0 saturated heterocycles.